The molecule has 0 saturated carbocycles. The fourth-order valence-electron chi connectivity index (χ4n) is 2.56. The molecule has 2 N–H and O–H groups in total. The van der Waals surface area contributed by atoms with Crippen LogP contribution in [0, 0.1) is 0 Å². The first-order valence-electron chi connectivity index (χ1n) is 7.88. The highest BCUT2D eigenvalue weighted by molar-refractivity contribution is 7.89. The van der Waals surface area contributed by atoms with Crippen molar-refractivity contribution in [3.63, 3.8) is 0 Å². The second kappa shape index (κ2) is 8.97. The molecule has 0 aromatic heterocycles. The molecular weight excluding hydrogens is 274 g/mol. The van der Waals surface area contributed by atoms with Gasteiger partial charge in [-0.25, -0.2) is 13.1 Å². The van der Waals surface area contributed by atoms with Gasteiger partial charge in [-0.3, -0.25) is 0 Å². The summed E-state index contributed by atoms with van der Waals surface area (Å²) in [6.45, 7) is 10.2. The van der Waals surface area contributed by atoms with Crippen molar-refractivity contribution < 1.29 is 8.42 Å². The largest absolute Gasteiger partial charge is 0.314 e. The van der Waals surface area contributed by atoms with Gasteiger partial charge in [-0.2, -0.15) is 0 Å². The van der Waals surface area contributed by atoms with E-state index in [0.717, 1.165) is 39.0 Å². The summed E-state index contributed by atoms with van der Waals surface area (Å²) in [5.74, 6) is 0.224. The summed E-state index contributed by atoms with van der Waals surface area (Å²) in [5, 5.41) is 3.24. The predicted molar refractivity (Wildman–Crippen MR) is 84.4 cm³/mol. The van der Waals surface area contributed by atoms with Gasteiger partial charge < -0.3 is 10.2 Å². The maximum atomic E-state index is 12.0. The van der Waals surface area contributed by atoms with E-state index in [0.29, 0.717) is 12.5 Å². The number of likely N-dealkylation sites (tertiary alicyclic amines) is 1. The molecule has 1 fully saturated rings. The van der Waals surface area contributed by atoms with E-state index in [4.69, 9.17) is 0 Å². The highest BCUT2D eigenvalue weighted by Gasteiger charge is 2.22. The van der Waals surface area contributed by atoms with Crippen LogP contribution in [-0.2, 0) is 10.0 Å². The first-order valence-corrected chi connectivity index (χ1v) is 9.54. The molecule has 0 aromatic carbocycles. The Morgan fingerprint density at radius 2 is 1.90 bits per heavy atom. The SMILES string of the molecule is CCCN1CCC(NS(=O)(=O)CCCNC(C)C)CC1. The lowest BCUT2D eigenvalue weighted by Gasteiger charge is -2.31. The zero-order chi connectivity index (χ0) is 15.0. The standard InChI is InChI=1S/C14H31N3O2S/c1-4-9-17-10-6-14(7-11-17)16-20(18,19)12-5-8-15-13(2)3/h13-16H,4-12H2,1-3H3. The Bertz CT molecular complexity index is 349. The van der Waals surface area contributed by atoms with E-state index in [2.05, 4.69) is 35.7 Å². The predicted octanol–water partition coefficient (Wildman–Crippen LogP) is 1.17. The molecule has 0 radical (unpaired) electrons. The summed E-state index contributed by atoms with van der Waals surface area (Å²) in [6, 6.07) is 0.541. The molecule has 1 heterocycles. The van der Waals surface area contributed by atoms with Gasteiger partial charge in [-0.05, 0) is 51.9 Å². The van der Waals surface area contributed by atoms with Crippen molar-refractivity contribution >= 4 is 10.0 Å². The van der Waals surface area contributed by atoms with E-state index in [1.54, 1.807) is 0 Å². The number of rotatable bonds is 9. The lowest BCUT2D eigenvalue weighted by atomic mass is 10.1. The van der Waals surface area contributed by atoms with Gasteiger partial charge in [0.2, 0.25) is 10.0 Å². The quantitative estimate of drug-likeness (QED) is 0.628. The second-order valence-corrected chi connectivity index (χ2v) is 7.89. The monoisotopic (exact) mass is 305 g/mol. The molecule has 1 rings (SSSR count). The van der Waals surface area contributed by atoms with Crippen LogP contribution >= 0.6 is 0 Å². The Hall–Kier alpha value is -0.170. The van der Waals surface area contributed by atoms with Crippen molar-refractivity contribution in [2.45, 2.75) is 58.5 Å². The average Bonchev–Trinajstić information content (AvgIpc) is 2.37. The number of sulfonamides is 1. The molecule has 5 nitrogen and oxygen atoms in total. The topological polar surface area (TPSA) is 61.4 Å². The Balaban J connectivity index is 2.22. The van der Waals surface area contributed by atoms with Gasteiger partial charge in [0.1, 0.15) is 0 Å². The smallest absolute Gasteiger partial charge is 0.211 e. The molecule has 0 bridgehead atoms. The van der Waals surface area contributed by atoms with Crippen molar-refractivity contribution in [2.24, 2.45) is 0 Å². The van der Waals surface area contributed by atoms with Crippen LogP contribution in [0.1, 0.15) is 46.5 Å². The summed E-state index contributed by atoms with van der Waals surface area (Å²) in [7, 11) is -3.12. The number of nitrogens with zero attached hydrogens (tertiary/aromatic N) is 1. The minimum Gasteiger partial charge on any atom is -0.314 e. The fourth-order valence-corrected chi connectivity index (χ4v) is 3.94. The van der Waals surface area contributed by atoms with Gasteiger partial charge in [0.15, 0.2) is 0 Å². The van der Waals surface area contributed by atoms with Crippen LogP contribution in [0.2, 0.25) is 0 Å². The van der Waals surface area contributed by atoms with Gasteiger partial charge in [-0.1, -0.05) is 20.8 Å². The van der Waals surface area contributed by atoms with E-state index in [-0.39, 0.29) is 11.8 Å². The second-order valence-electron chi connectivity index (χ2n) is 6.02. The zero-order valence-electron chi connectivity index (χ0n) is 13.2. The Kier molecular flexibility index (Phi) is 8.02. The lowest BCUT2D eigenvalue weighted by molar-refractivity contribution is 0.208. The Labute approximate surface area is 124 Å². The van der Waals surface area contributed by atoms with Gasteiger partial charge in [-0.15, -0.1) is 0 Å². The van der Waals surface area contributed by atoms with Gasteiger partial charge in [0, 0.05) is 12.1 Å². The highest BCUT2D eigenvalue weighted by atomic mass is 32.2. The maximum Gasteiger partial charge on any atom is 0.211 e. The van der Waals surface area contributed by atoms with Crippen LogP contribution in [0.25, 0.3) is 0 Å². The van der Waals surface area contributed by atoms with Crippen molar-refractivity contribution in [3.05, 3.63) is 0 Å². The summed E-state index contributed by atoms with van der Waals surface area (Å²) in [5.41, 5.74) is 0. The third kappa shape index (κ3) is 7.57. The first-order chi connectivity index (χ1) is 9.43. The third-order valence-corrected chi connectivity index (χ3v) is 5.13. The molecule has 0 spiro atoms. The minimum absolute atomic E-state index is 0.131. The van der Waals surface area contributed by atoms with Crippen LogP contribution in [0.3, 0.4) is 0 Å². The van der Waals surface area contributed by atoms with Crippen molar-refractivity contribution in [1.82, 2.24) is 14.9 Å². The van der Waals surface area contributed by atoms with Crippen LogP contribution in [0.15, 0.2) is 0 Å². The van der Waals surface area contributed by atoms with Gasteiger partial charge in [0.05, 0.1) is 5.75 Å². The molecule has 0 aliphatic carbocycles. The van der Waals surface area contributed by atoms with Crippen molar-refractivity contribution in [2.75, 3.05) is 31.9 Å². The van der Waals surface area contributed by atoms with E-state index < -0.39 is 10.0 Å². The fraction of sp³-hybridized carbons (Fsp3) is 1.00. The molecule has 0 unspecified atom stereocenters. The molecular formula is C14H31N3O2S. The summed E-state index contributed by atoms with van der Waals surface area (Å²) >= 11 is 0. The molecule has 0 atom stereocenters. The maximum absolute atomic E-state index is 12.0. The summed E-state index contributed by atoms with van der Waals surface area (Å²) in [4.78, 5) is 2.41. The van der Waals surface area contributed by atoms with E-state index >= 15 is 0 Å². The van der Waals surface area contributed by atoms with Crippen molar-refractivity contribution in [1.29, 1.82) is 0 Å². The van der Waals surface area contributed by atoms with E-state index in [1.807, 2.05) is 0 Å². The van der Waals surface area contributed by atoms with E-state index in [9.17, 15) is 8.42 Å². The normalized spacial score (nSPS) is 18.8. The molecule has 0 aromatic rings. The summed E-state index contributed by atoms with van der Waals surface area (Å²) in [6.07, 6.45) is 3.70. The third-order valence-electron chi connectivity index (χ3n) is 3.62. The molecule has 120 valence electrons. The summed E-state index contributed by atoms with van der Waals surface area (Å²) < 4.78 is 26.9. The number of nitrogens with one attached hydrogen (secondary N) is 2. The number of piperidine rings is 1. The van der Waals surface area contributed by atoms with Gasteiger partial charge >= 0.3 is 0 Å². The Morgan fingerprint density at radius 1 is 1.25 bits per heavy atom. The molecule has 1 aliphatic rings. The van der Waals surface area contributed by atoms with Gasteiger partial charge in [0.25, 0.3) is 0 Å². The molecule has 0 amide bonds. The average molecular weight is 305 g/mol. The Morgan fingerprint density at radius 3 is 2.45 bits per heavy atom. The number of hydrogen-bond donors (Lipinski definition) is 2. The van der Waals surface area contributed by atoms with Crippen LogP contribution in [-0.4, -0.2) is 57.3 Å². The minimum atomic E-state index is -3.12. The number of hydrogen-bond acceptors (Lipinski definition) is 4. The molecule has 20 heavy (non-hydrogen) atoms. The van der Waals surface area contributed by atoms with Crippen LogP contribution in [0.4, 0.5) is 0 Å². The highest BCUT2D eigenvalue weighted by Crippen LogP contribution is 2.11. The first kappa shape index (κ1) is 17.9. The van der Waals surface area contributed by atoms with Crippen LogP contribution < -0.4 is 10.0 Å². The van der Waals surface area contributed by atoms with Crippen molar-refractivity contribution in [3.8, 4) is 0 Å². The molecule has 6 heteroatoms. The van der Waals surface area contributed by atoms with E-state index in [1.165, 1.54) is 6.42 Å². The molecule has 1 aliphatic heterocycles. The molecule has 1 saturated heterocycles. The lowest BCUT2D eigenvalue weighted by Crippen LogP contribution is -2.45. The zero-order valence-corrected chi connectivity index (χ0v) is 14.0. The van der Waals surface area contributed by atoms with Crippen LogP contribution in [0.5, 0.6) is 0 Å².